The van der Waals surface area contributed by atoms with Crippen molar-refractivity contribution >= 4 is 5.91 Å². The Hall–Kier alpha value is -1.47. The van der Waals surface area contributed by atoms with Gasteiger partial charge in [-0.2, -0.15) is 0 Å². The lowest BCUT2D eigenvalue weighted by Gasteiger charge is -2.24. The molecule has 7 nitrogen and oxygen atoms in total. The maximum atomic E-state index is 12.0. The highest BCUT2D eigenvalue weighted by atomic mass is 16.2. The molecule has 2 aliphatic carbocycles. The van der Waals surface area contributed by atoms with E-state index in [9.17, 15) is 4.79 Å². The minimum atomic E-state index is 0.178. The van der Waals surface area contributed by atoms with Crippen molar-refractivity contribution in [3.8, 4) is 0 Å². The summed E-state index contributed by atoms with van der Waals surface area (Å²) in [5.74, 6) is 3.74. The fourth-order valence-corrected chi connectivity index (χ4v) is 3.72. The number of aromatic nitrogens is 3. The van der Waals surface area contributed by atoms with Gasteiger partial charge in [0, 0.05) is 38.6 Å². The van der Waals surface area contributed by atoms with Crippen molar-refractivity contribution in [1.29, 1.82) is 0 Å². The largest absolute Gasteiger partial charge is 0.355 e. The molecule has 1 amide bonds. The zero-order valence-corrected chi connectivity index (χ0v) is 15.4. The molecule has 1 atom stereocenters. The number of nitrogens with one attached hydrogen (secondary N) is 1. The maximum Gasteiger partial charge on any atom is 0.234 e. The number of amides is 1. The molecule has 1 aliphatic heterocycles. The maximum absolute atomic E-state index is 12.0. The third kappa shape index (κ3) is 4.20. The van der Waals surface area contributed by atoms with Gasteiger partial charge in [0.25, 0.3) is 0 Å². The van der Waals surface area contributed by atoms with Crippen LogP contribution in [0.5, 0.6) is 0 Å². The van der Waals surface area contributed by atoms with E-state index in [-0.39, 0.29) is 5.91 Å². The van der Waals surface area contributed by atoms with Gasteiger partial charge in [-0.3, -0.25) is 14.6 Å². The fraction of sp³-hybridized carbons (Fsp3) is 0.833. The van der Waals surface area contributed by atoms with Gasteiger partial charge < -0.3 is 9.88 Å². The van der Waals surface area contributed by atoms with Crippen molar-refractivity contribution in [3.05, 3.63) is 11.6 Å². The van der Waals surface area contributed by atoms with E-state index in [1.807, 2.05) is 0 Å². The van der Waals surface area contributed by atoms with Gasteiger partial charge in [0.1, 0.15) is 11.6 Å². The van der Waals surface area contributed by atoms with Crippen LogP contribution in [0, 0.1) is 5.92 Å². The van der Waals surface area contributed by atoms with Crippen molar-refractivity contribution in [2.75, 3.05) is 33.2 Å². The Bertz CT molecular complexity index is 621. The normalized spacial score (nSPS) is 24.2. The van der Waals surface area contributed by atoms with Gasteiger partial charge in [0.05, 0.1) is 13.1 Å². The molecule has 0 bridgehead atoms. The Morgan fingerprint density at radius 2 is 2.04 bits per heavy atom. The third-order valence-corrected chi connectivity index (χ3v) is 5.85. The second-order valence-corrected chi connectivity index (χ2v) is 8.15. The molecule has 0 aromatic carbocycles. The minimum Gasteiger partial charge on any atom is -0.355 e. The lowest BCUT2D eigenvalue weighted by atomic mass is 10.2. The Balaban J connectivity index is 1.24. The third-order valence-electron chi connectivity index (χ3n) is 5.85. The van der Waals surface area contributed by atoms with E-state index in [1.54, 1.807) is 0 Å². The summed E-state index contributed by atoms with van der Waals surface area (Å²) in [5.41, 5.74) is 0. The molecule has 1 aromatic rings. The Morgan fingerprint density at radius 3 is 2.76 bits per heavy atom. The first-order chi connectivity index (χ1) is 12.1. The Labute approximate surface area is 149 Å². The second-order valence-electron chi connectivity index (χ2n) is 8.15. The van der Waals surface area contributed by atoms with Gasteiger partial charge in [-0.1, -0.05) is 0 Å². The van der Waals surface area contributed by atoms with Crippen molar-refractivity contribution in [2.24, 2.45) is 13.0 Å². The van der Waals surface area contributed by atoms with E-state index in [2.05, 4.69) is 44.0 Å². The monoisotopic (exact) mass is 346 g/mol. The first kappa shape index (κ1) is 17.0. The van der Waals surface area contributed by atoms with Gasteiger partial charge in [-0.05, 0) is 45.1 Å². The highest BCUT2D eigenvalue weighted by Crippen LogP contribution is 2.38. The Kier molecular flexibility index (Phi) is 4.78. The minimum absolute atomic E-state index is 0.178. The molecule has 1 aromatic heterocycles. The van der Waals surface area contributed by atoms with Gasteiger partial charge in [0.15, 0.2) is 0 Å². The van der Waals surface area contributed by atoms with Crippen LogP contribution in [0.15, 0.2) is 0 Å². The summed E-state index contributed by atoms with van der Waals surface area (Å²) in [6.07, 6.45) is 6.17. The van der Waals surface area contributed by atoms with Gasteiger partial charge in [0.2, 0.25) is 5.91 Å². The number of rotatable bonds is 8. The van der Waals surface area contributed by atoms with Gasteiger partial charge >= 0.3 is 0 Å². The van der Waals surface area contributed by atoms with E-state index < -0.39 is 0 Å². The standard InChI is InChI=1S/C18H30N6O/c1-22(11-16-20-21-18(23(16)2)14-5-6-14)15-7-8-24(10-15)12-17(25)19-9-13-3-4-13/h13-15H,3-12H2,1-2H3,(H,19,25)/t15-/m1/s1. The molecule has 25 heavy (non-hydrogen) atoms. The number of likely N-dealkylation sites (N-methyl/N-ethyl adjacent to an activating group) is 1. The summed E-state index contributed by atoms with van der Waals surface area (Å²) < 4.78 is 2.17. The number of carbonyl (C=O) groups excluding carboxylic acids is 1. The topological polar surface area (TPSA) is 66.3 Å². The van der Waals surface area contributed by atoms with Crippen LogP contribution in [0.3, 0.4) is 0 Å². The fourth-order valence-electron chi connectivity index (χ4n) is 3.72. The predicted octanol–water partition coefficient (Wildman–Crippen LogP) is 0.725. The zero-order chi connectivity index (χ0) is 17.4. The summed E-state index contributed by atoms with van der Waals surface area (Å²) in [5, 5.41) is 11.8. The summed E-state index contributed by atoms with van der Waals surface area (Å²) in [4.78, 5) is 16.7. The average molecular weight is 346 g/mol. The highest BCUT2D eigenvalue weighted by molar-refractivity contribution is 5.78. The Morgan fingerprint density at radius 1 is 1.24 bits per heavy atom. The molecule has 7 heteroatoms. The summed E-state index contributed by atoms with van der Waals surface area (Å²) in [6.45, 7) is 4.18. The van der Waals surface area contributed by atoms with Crippen molar-refractivity contribution in [3.63, 3.8) is 0 Å². The molecule has 138 valence electrons. The van der Waals surface area contributed by atoms with Crippen LogP contribution < -0.4 is 5.32 Å². The van der Waals surface area contributed by atoms with E-state index in [0.29, 0.717) is 18.5 Å². The lowest BCUT2D eigenvalue weighted by Crippen LogP contribution is -2.39. The van der Waals surface area contributed by atoms with Crippen LogP contribution in [0.1, 0.15) is 49.7 Å². The second kappa shape index (κ2) is 7.03. The van der Waals surface area contributed by atoms with Crippen LogP contribution in [-0.2, 0) is 18.4 Å². The molecule has 0 spiro atoms. The molecule has 4 rings (SSSR count). The van der Waals surface area contributed by atoms with Crippen LogP contribution in [0.25, 0.3) is 0 Å². The molecule has 1 N–H and O–H groups in total. The summed E-state index contributed by atoms with van der Waals surface area (Å²) in [7, 11) is 4.24. The van der Waals surface area contributed by atoms with Crippen molar-refractivity contribution in [2.45, 2.75) is 50.6 Å². The summed E-state index contributed by atoms with van der Waals surface area (Å²) >= 11 is 0. The molecular weight excluding hydrogens is 316 g/mol. The van der Waals surface area contributed by atoms with E-state index in [1.165, 1.54) is 25.7 Å². The molecule has 0 radical (unpaired) electrons. The SMILES string of the molecule is CN(Cc1nnc(C2CC2)n1C)[C@@H]1CCN(CC(=O)NCC2CC2)C1. The number of carbonyl (C=O) groups is 1. The first-order valence-corrected chi connectivity index (χ1v) is 9.67. The van der Waals surface area contributed by atoms with Crippen LogP contribution in [0.2, 0.25) is 0 Å². The van der Waals surface area contributed by atoms with Crippen LogP contribution in [-0.4, -0.2) is 69.7 Å². The number of hydrogen-bond acceptors (Lipinski definition) is 5. The van der Waals surface area contributed by atoms with Crippen molar-refractivity contribution < 1.29 is 4.79 Å². The molecule has 0 unspecified atom stereocenters. The average Bonchev–Trinajstić information content (AvgIpc) is 3.51. The molecule has 3 aliphatic rings. The van der Waals surface area contributed by atoms with E-state index in [0.717, 1.165) is 50.2 Å². The zero-order valence-electron chi connectivity index (χ0n) is 15.4. The number of hydrogen-bond donors (Lipinski definition) is 1. The first-order valence-electron chi connectivity index (χ1n) is 9.67. The number of nitrogens with zero attached hydrogens (tertiary/aromatic N) is 5. The van der Waals surface area contributed by atoms with Crippen molar-refractivity contribution in [1.82, 2.24) is 29.9 Å². The lowest BCUT2D eigenvalue weighted by molar-refractivity contribution is -0.122. The quantitative estimate of drug-likeness (QED) is 0.751. The van der Waals surface area contributed by atoms with E-state index in [4.69, 9.17) is 0 Å². The molecule has 2 saturated carbocycles. The molecule has 3 fully saturated rings. The molecule has 1 saturated heterocycles. The van der Waals surface area contributed by atoms with Crippen LogP contribution >= 0.6 is 0 Å². The molecular formula is C18H30N6O. The highest BCUT2D eigenvalue weighted by Gasteiger charge is 2.31. The molecule has 2 heterocycles. The van der Waals surface area contributed by atoms with Gasteiger partial charge in [-0.25, -0.2) is 0 Å². The number of likely N-dealkylation sites (tertiary alicyclic amines) is 1. The van der Waals surface area contributed by atoms with Crippen LogP contribution in [0.4, 0.5) is 0 Å². The van der Waals surface area contributed by atoms with Gasteiger partial charge in [-0.15, -0.1) is 10.2 Å². The predicted molar refractivity (Wildman–Crippen MR) is 95.0 cm³/mol. The summed E-state index contributed by atoms with van der Waals surface area (Å²) in [6, 6.07) is 0.484. The van der Waals surface area contributed by atoms with E-state index >= 15 is 0 Å². The smallest absolute Gasteiger partial charge is 0.234 e.